The average molecular weight is 504 g/mol. The normalized spacial score (nSPS) is 13.9. The number of pyridine rings is 2. The maximum absolute atomic E-state index is 12.3. The van der Waals surface area contributed by atoms with Gasteiger partial charge in [-0.25, -0.2) is 9.78 Å². The van der Waals surface area contributed by atoms with Crippen molar-refractivity contribution in [3.05, 3.63) is 64.2 Å². The van der Waals surface area contributed by atoms with Crippen molar-refractivity contribution in [2.24, 2.45) is 0 Å². The molecule has 1 aliphatic rings. The van der Waals surface area contributed by atoms with Crippen molar-refractivity contribution in [1.29, 1.82) is 0 Å². The molecule has 0 aromatic carbocycles. The smallest absolute Gasteiger partial charge is 0.354 e. The van der Waals surface area contributed by atoms with Gasteiger partial charge in [0.25, 0.3) is 0 Å². The van der Waals surface area contributed by atoms with E-state index < -0.39 is 5.97 Å². The fourth-order valence-electron chi connectivity index (χ4n) is 4.75. The molecule has 0 radical (unpaired) electrons. The van der Waals surface area contributed by atoms with Crippen molar-refractivity contribution >= 4 is 40.2 Å². The molecule has 0 spiro atoms. The van der Waals surface area contributed by atoms with Crippen LogP contribution in [0.15, 0.2) is 36.7 Å². The molecule has 0 saturated heterocycles. The van der Waals surface area contributed by atoms with Crippen molar-refractivity contribution < 1.29 is 9.90 Å². The third-order valence-corrected chi connectivity index (χ3v) is 6.80. The van der Waals surface area contributed by atoms with E-state index in [1.54, 1.807) is 22.9 Å². The largest absolute Gasteiger partial charge is 0.477 e. The van der Waals surface area contributed by atoms with Crippen molar-refractivity contribution in [1.82, 2.24) is 39.0 Å². The minimum absolute atomic E-state index is 0.0519. The monoisotopic (exact) mass is 503 g/mol. The Hall–Kier alpha value is -4.09. The van der Waals surface area contributed by atoms with Gasteiger partial charge < -0.3 is 15.4 Å². The van der Waals surface area contributed by atoms with Crippen molar-refractivity contribution in [2.45, 2.75) is 26.4 Å². The number of aromatic nitrogens is 7. The van der Waals surface area contributed by atoms with Crippen LogP contribution in [0.2, 0.25) is 5.02 Å². The van der Waals surface area contributed by atoms with E-state index in [2.05, 4.69) is 36.0 Å². The quantitative estimate of drug-likeness (QED) is 0.370. The third-order valence-electron chi connectivity index (χ3n) is 6.44. The topological polar surface area (TPSA) is 140 Å². The van der Waals surface area contributed by atoms with E-state index in [1.165, 1.54) is 10.1 Å². The Morgan fingerprint density at radius 3 is 2.83 bits per heavy atom. The second-order valence-corrected chi connectivity index (χ2v) is 9.20. The first-order chi connectivity index (χ1) is 17.4. The molecule has 1 aliphatic heterocycles. The zero-order valence-electron chi connectivity index (χ0n) is 19.4. The minimum atomic E-state index is -1.15. The Balaban J connectivity index is 1.41. The Bertz CT molecular complexity index is 1640. The Labute approximate surface area is 210 Å². The first kappa shape index (κ1) is 22.4. The van der Waals surface area contributed by atoms with Crippen LogP contribution in [0.5, 0.6) is 0 Å². The van der Waals surface area contributed by atoms with Crippen LogP contribution in [0.4, 0.5) is 5.95 Å². The van der Waals surface area contributed by atoms with E-state index >= 15 is 0 Å². The maximum Gasteiger partial charge on any atom is 0.354 e. The molecule has 5 aromatic rings. The highest BCUT2D eigenvalue weighted by atomic mass is 35.5. The number of hydrogen-bond donors (Lipinski definition) is 2. The summed E-state index contributed by atoms with van der Waals surface area (Å²) in [6.45, 7) is 4.57. The molecule has 36 heavy (non-hydrogen) atoms. The number of carbonyl (C=O) groups is 1. The molecule has 11 nitrogen and oxygen atoms in total. The van der Waals surface area contributed by atoms with Gasteiger partial charge >= 0.3 is 5.97 Å². The summed E-state index contributed by atoms with van der Waals surface area (Å²) < 4.78 is 2.97. The first-order valence-corrected chi connectivity index (χ1v) is 11.8. The van der Waals surface area contributed by atoms with Crippen molar-refractivity contribution in [3.8, 4) is 11.5 Å². The molecule has 5 aromatic heterocycles. The second-order valence-electron chi connectivity index (χ2n) is 8.82. The molecule has 6 heterocycles. The molecule has 0 unspecified atom stereocenters. The van der Waals surface area contributed by atoms with Gasteiger partial charge in [-0.15, -0.1) is 5.10 Å². The summed E-state index contributed by atoms with van der Waals surface area (Å²) in [5, 5.41) is 14.9. The Morgan fingerprint density at radius 1 is 1.19 bits per heavy atom. The molecule has 6 rings (SSSR count). The van der Waals surface area contributed by atoms with Crippen LogP contribution in [-0.4, -0.2) is 63.2 Å². The number of carboxylic acids is 1. The van der Waals surface area contributed by atoms with Crippen LogP contribution < -0.4 is 5.73 Å². The SMILES string of the molecule is Cc1cnc2c(c1)CN(CCn1c(C(=O)O)c(Cl)c3c1nc(N)n1nc(-c4ccccn4)nc31)CC2. The number of nitrogen functional groups attached to an aromatic ring is 1. The molecule has 0 fully saturated rings. The molecule has 182 valence electrons. The number of hydrogen-bond acceptors (Lipinski definition) is 8. The molecule has 12 heteroatoms. The lowest BCUT2D eigenvalue weighted by molar-refractivity contribution is 0.0684. The molecule has 0 saturated carbocycles. The number of aryl methyl sites for hydroxylation is 1. The molecular formula is C24H22ClN9O2. The van der Waals surface area contributed by atoms with E-state index in [0.717, 1.165) is 30.8 Å². The number of aromatic carboxylic acids is 1. The molecule has 0 bridgehead atoms. The fraction of sp³-hybridized carbons (Fsp3) is 0.250. The summed E-state index contributed by atoms with van der Waals surface area (Å²) in [4.78, 5) is 32.5. The van der Waals surface area contributed by atoms with Crippen LogP contribution in [0.3, 0.4) is 0 Å². The molecule has 3 N–H and O–H groups in total. The van der Waals surface area contributed by atoms with Gasteiger partial charge in [-0.1, -0.05) is 23.7 Å². The molecule has 0 aliphatic carbocycles. The van der Waals surface area contributed by atoms with Crippen LogP contribution in [0.1, 0.15) is 27.3 Å². The first-order valence-electron chi connectivity index (χ1n) is 11.5. The highest BCUT2D eigenvalue weighted by Gasteiger charge is 2.27. The highest BCUT2D eigenvalue weighted by molar-refractivity contribution is 6.39. The standard InChI is InChI=1S/C24H22ClN9O2/c1-13-10-14-12-32(7-5-15(14)28-11-13)8-9-33-19(23(35)36)18(25)17-21(33)30-24(26)34-22(17)29-20(31-34)16-4-2-3-6-27-16/h2-4,6,10-11H,5,7-9,12H2,1H3,(H2,26,30)(H,35,36). The maximum atomic E-state index is 12.3. The van der Waals surface area contributed by atoms with Crippen LogP contribution in [0.25, 0.3) is 28.2 Å². The lowest BCUT2D eigenvalue weighted by atomic mass is 10.0. The number of rotatable bonds is 5. The third kappa shape index (κ3) is 3.64. The molecule has 0 atom stereocenters. The van der Waals surface area contributed by atoms with Gasteiger partial charge in [0, 0.05) is 50.7 Å². The zero-order chi connectivity index (χ0) is 25.0. The lowest BCUT2D eigenvalue weighted by Crippen LogP contribution is -2.34. The Morgan fingerprint density at radius 2 is 2.06 bits per heavy atom. The number of anilines is 1. The minimum Gasteiger partial charge on any atom is -0.477 e. The number of fused-ring (bicyclic) bond motifs is 4. The van der Waals surface area contributed by atoms with Gasteiger partial charge in [0.05, 0.1) is 10.4 Å². The van der Waals surface area contributed by atoms with Gasteiger partial charge in [-0.2, -0.15) is 9.50 Å². The van der Waals surface area contributed by atoms with Gasteiger partial charge in [0.15, 0.2) is 5.65 Å². The number of halogens is 1. The Kier molecular flexibility index (Phi) is 5.31. The van der Waals surface area contributed by atoms with Gasteiger partial charge in [0.1, 0.15) is 17.0 Å². The highest BCUT2D eigenvalue weighted by Crippen LogP contribution is 2.34. The molecular weight excluding hydrogens is 482 g/mol. The molecule has 0 amide bonds. The summed E-state index contributed by atoms with van der Waals surface area (Å²) in [5.41, 5.74) is 10.9. The summed E-state index contributed by atoms with van der Waals surface area (Å²) in [7, 11) is 0. The van der Waals surface area contributed by atoms with E-state index in [1.807, 2.05) is 19.2 Å². The number of nitrogens with two attached hydrogens (primary N) is 1. The second kappa shape index (κ2) is 8.54. The van der Waals surface area contributed by atoms with Crippen molar-refractivity contribution in [3.63, 3.8) is 0 Å². The van der Waals surface area contributed by atoms with E-state index in [-0.39, 0.29) is 16.7 Å². The van der Waals surface area contributed by atoms with E-state index in [9.17, 15) is 9.90 Å². The number of carboxylic acid groups (broad SMARTS) is 1. The average Bonchev–Trinajstić information content (AvgIpc) is 3.43. The summed E-state index contributed by atoms with van der Waals surface area (Å²) >= 11 is 6.65. The van der Waals surface area contributed by atoms with Gasteiger partial charge in [0.2, 0.25) is 11.8 Å². The van der Waals surface area contributed by atoms with Crippen LogP contribution >= 0.6 is 11.6 Å². The predicted octanol–water partition coefficient (Wildman–Crippen LogP) is 2.84. The van der Waals surface area contributed by atoms with E-state index in [0.29, 0.717) is 41.3 Å². The fourth-order valence-corrected chi connectivity index (χ4v) is 5.10. The van der Waals surface area contributed by atoms with Crippen molar-refractivity contribution in [2.75, 3.05) is 18.8 Å². The van der Waals surface area contributed by atoms with E-state index in [4.69, 9.17) is 17.3 Å². The summed E-state index contributed by atoms with van der Waals surface area (Å²) in [6.07, 6.45) is 4.37. The summed E-state index contributed by atoms with van der Waals surface area (Å²) in [5.74, 6) is -0.732. The van der Waals surface area contributed by atoms with Gasteiger partial charge in [-0.05, 0) is 30.2 Å². The summed E-state index contributed by atoms with van der Waals surface area (Å²) in [6, 6.07) is 7.55. The van der Waals surface area contributed by atoms with Gasteiger partial charge in [-0.3, -0.25) is 14.9 Å². The number of nitrogens with zero attached hydrogens (tertiary/aromatic N) is 8. The lowest BCUT2D eigenvalue weighted by Gasteiger charge is -2.28. The zero-order valence-corrected chi connectivity index (χ0v) is 20.1. The van der Waals surface area contributed by atoms with Crippen LogP contribution in [0, 0.1) is 6.92 Å². The predicted molar refractivity (Wildman–Crippen MR) is 134 cm³/mol. The van der Waals surface area contributed by atoms with Crippen LogP contribution in [-0.2, 0) is 19.5 Å².